The Hall–Kier alpha value is -2.76. The van der Waals surface area contributed by atoms with E-state index in [2.05, 4.69) is 5.32 Å². The molecule has 0 saturated carbocycles. The van der Waals surface area contributed by atoms with Crippen molar-refractivity contribution in [1.82, 2.24) is 4.90 Å². The van der Waals surface area contributed by atoms with E-state index in [9.17, 15) is 9.59 Å². The van der Waals surface area contributed by atoms with Gasteiger partial charge in [0.05, 0.1) is 6.54 Å². The maximum absolute atomic E-state index is 12.4. The SMILES string of the molecule is Cc1ccc(CN(C)C(=O)c2ccc(NC(=O)OC(C)(C)C)cc2)o1. The third kappa shape index (κ3) is 5.67. The number of hydrogen-bond donors (Lipinski definition) is 1. The third-order valence-corrected chi connectivity index (χ3v) is 3.31. The molecule has 25 heavy (non-hydrogen) atoms. The topological polar surface area (TPSA) is 71.8 Å². The summed E-state index contributed by atoms with van der Waals surface area (Å²) in [7, 11) is 1.72. The fourth-order valence-electron chi connectivity index (χ4n) is 2.21. The molecule has 6 heteroatoms. The Morgan fingerprint density at radius 1 is 1.12 bits per heavy atom. The monoisotopic (exact) mass is 344 g/mol. The zero-order valence-electron chi connectivity index (χ0n) is 15.3. The lowest BCUT2D eigenvalue weighted by atomic mass is 10.2. The lowest BCUT2D eigenvalue weighted by Gasteiger charge is -2.20. The molecule has 0 unspecified atom stereocenters. The van der Waals surface area contributed by atoms with Gasteiger partial charge in [-0.15, -0.1) is 0 Å². The van der Waals surface area contributed by atoms with Crippen LogP contribution in [-0.4, -0.2) is 29.5 Å². The second-order valence-electron chi connectivity index (χ2n) is 6.88. The van der Waals surface area contributed by atoms with Crippen LogP contribution in [0.15, 0.2) is 40.8 Å². The van der Waals surface area contributed by atoms with Gasteiger partial charge >= 0.3 is 6.09 Å². The summed E-state index contributed by atoms with van der Waals surface area (Å²) in [5, 5.41) is 2.64. The lowest BCUT2D eigenvalue weighted by Crippen LogP contribution is -2.27. The maximum atomic E-state index is 12.4. The van der Waals surface area contributed by atoms with Crippen molar-refractivity contribution < 1.29 is 18.7 Å². The molecule has 0 atom stereocenters. The number of rotatable bonds is 4. The van der Waals surface area contributed by atoms with Crippen LogP contribution in [0, 0.1) is 6.92 Å². The zero-order valence-corrected chi connectivity index (χ0v) is 15.3. The number of carbonyl (C=O) groups excluding carboxylic acids is 2. The van der Waals surface area contributed by atoms with Gasteiger partial charge in [-0.3, -0.25) is 10.1 Å². The minimum absolute atomic E-state index is 0.127. The molecule has 2 rings (SSSR count). The number of benzene rings is 1. The molecule has 1 aromatic carbocycles. The van der Waals surface area contributed by atoms with Gasteiger partial charge in [0.25, 0.3) is 5.91 Å². The fourth-order valence-corrected chi connectivity index (χ4v) is 2.21. The van der Waals surface area contributed by atoms with E-state index in [1.807, 2.05) is 19.1 Å². The number of nitrogens with one attached hydrogen (secondary N) is 1. The van der Waals surface area contributed by atoms with Crippen molar-refractivity contribution in [3.63, 3.8) is 0 Å². The number of ether oxygens (including phenoxy) is 1. The molecule has 0 fully saturated rings. The normalized spacial score (nSPS) is 11.1. The molecule has 0 aliphatic rings. The highest BCUT2D eigenvalue weighted by atomic mass is 16.6. The van der Waals surface area contributed by atoms with E-state index < -0.39 is 11.7 Å². The summed E-state index contributed by atoms with van der Waals surface area (Å²) in [6.07, 6.45) is -0.531. The Balaban J connectivity index is 1.96. The predicted molar refractivity (Wildman–Crippen MR) is 95.5 cm³/mol. The predicted octanol–water partition coefficient (Wildman–Crippen LogP) is 4.21. The molecule has 0 bridgehead atoms. The van der Waals surface area contributed by atoms with Crippen LogP contribution >= 0.6 is 0 Å². The Bertz CT molecular complexity index is 742. The van der Waals surface area contributed by atoms with Crippen LogP contribution in [0.2, 0.25) is 0 Å². The standard InChI is InChI=1S/C19H24N2O4/c1-13-6-11-16(24-13)12-21(5)17(22)14-7-9-15(10-8-14)20-18(23)25-19(2,3)4/h6-11H,12H2,1-5H3,(H,20,23). The number of anilines is 1. The van der Waals surface area contributed by atoms with Crippen LogP contribution in [0.4, 0.5) is 10.5 Å². The first-order chi connectivity index (χ1) is 11.6. The Morgan fingerprint density at radius 3 is 2.28 bits per heavy atom. The average Bonchev–Trinajstić information content (AvgIpc) is 2.90. The summed E-state index contributed by atoms with van der Waals surface area (Å²) in [6.45, 7) is 7.65. The largest absolute Gasteiger partial charge is 0.464 e. The van der Waals surface area contributed by atoms with Gasteiger partial charge in [0.1, 0.15) is 17.1 Å². The molecule has 6 nitrogen and oxygen atoms in total. The number of carbonyl (C=O) groups is 2. The molecule has 2 aromatic rings. The number of amides is 2. The Kier molecular flexibility index (Phi) is 5.51. The molecule has 0 aliphatic carbocycles. The van der Waals surface area contributed by atoms with Gasteiger partial charge in [-0.05, 0) is 64.1 Å². The van der Waals surface area contributed by atoms with E-state index in [1.165, 1.54) is 0 Å². The summed E-state index contributed by atoms with van der Waals surface area (Å²) < 4.78 is 10.7. The first kappa shape index (κ1) is 18.6. The van der Waals surface area contributed by atoms with Crippen LogP contribution in [0.3, 0.4) is 0 Å². The van der Waals surface area contributed by atoms with Gasteiger partial charge in [0.2, 0.25) is 0 Å². The molecule has 134 valence electrons. The zero-order chi connectivity index (χ0) is 18.6. The highest BCUT2D eigenvalue weighted by Gasteiger charge is 2.17. The Morgan fingerprint density at radius 2 is 1.76 bits per heavy atom. The molecule has 0 spiro atoms. The highest BCUT2D eigenvalue weighted by Crippen LogP contribution is 2.15. The minimum Gasteiger partial charge on any atom is -0.464 e. The van der Waals surface area contributed by atoms with E-state index in [4.69, 9.17) is 9.15 Å². The first-order valence-corrected chi connectivity index (χ1v) is 8.05. The summed E-state index contributed by atoms with van der Waals surface area (Å²) in [6, 6.07) is 10.4. The van der Waals surface area contributed by atoms with E-state index in [-0.39, 0.29) is 5.91 Å². The third-order valence-electron chi connectivity index (χ3n) is 3.31. The first-order valence-electron chi connectivity index (χ1n) is 8.05. The number of aryl methyl sites for hydroxylation is 1. The van der Waals surface area contributed by atoms with Crippen molar-refractivity contribution in [1.29, 1.82) is 0 Å². The van der Waals surface area contributed by atoms with Gasteiger partial charge in [-0.1, -0.05) is 0 Å². The minimum atomic E-state index is -0.563. The van der Waals surface area contributed by atoms with Crippen LogP contribution in [0.5, 0.6) is 0 Å². The maximum Gasteiger partial charge on any atom is 0.412 e. The molecule has 2 amide bonds. The van der Waals surface area contributed by atoms with Crippen molar-refractivity contribution in [2.75, 3.05) is 12.4 Å². The van der Waals surface area contributed by atoms with E-state index in [0.717, 1.165) is 11.5 Å². The molecule has 0 radical (unpaired) electrons. The van der Waals surface area contributed by atoms with Crippen LogP contribution in [-0.2, 0) is 11.3 Å². The van der Waals surface area contributed by atoms with Gasteiger partial charge in [-0.25, -0.2) is 4.79 Å². The second kappa shape index (κ2) is 7.42. The summed E-state index contributed by atoms with van der Waals surface area (Å²) in [5.41, 5.74) is 0.531. The Labute approximate surface area is 147 Å². The van der Waals surface area contributed by atoms with Gasteiger partial charge in [0, 0.05) is 18.3 Å². The molecule has 0 saturated heterocycles. The molecule has 1 aromatic heterocycles. The smallest absolute Gasteiger partial charge is 0.412 e. The fraction of sp³-hybridized carbons (Fsp3) is 0.368. The molecule has 1 N–H and O–H groups in total. The number of nitrogens with zero attached hydrogens (tertiary/aromatic N) is 1. The van der Waals surface area contributed by atoms with Crippen molar-refractivity contribution in [2.45, 2.75) is 39.8 Å². The summed E-state index contributed by atoms with van der Waals surface area (Å²) in [5.74, 6) is 1.42. The highest BCUT2D eigenvalue weighted by molar-refractivity contribution is 5.95. The second-order valence-corrected chi connectivity index (χ2v) is 6.88. The van der Waals surface area contributed by atoms with Crippen molar-refractivity contribution >= 4 is 17.7 Å². The summed E-state index contributed by atoms with van der Waals surface area (Å²) in [4.78, 5) is 25.8. The molecule has 1 heterocycles. The van der Waals surface area contributed by atoms with Gasteiger partial charge in [-0.2, -0.15) is 0 Å². The van der Waals surface area contributed by atoms with Crippen LogP contribution in [0.25, 0.3) is 0 Å². The van der Waals surface area contributed by atoms with E-state index in [1.54, 1.807) is 57.0 Å². The molecular formula is C19H24N2O4. The van der Waals surface area contributed by atoms with E-state index >= 15 is 0 Å². The molecular weight excluding hydrogens is 320 g/mol. The van der Waals surface area contributed by atoms with E-state index in [0.29, 0.717) is 17.8 Å². The van der Waals surface area contributed by atoms with Crippen LogP contribution < -0.4 is 5.32 Å². The average molecular weight is 344 g/mol. The molecule has 0 aliphatic heterocycles. The number of hydrogen-bond acceptors (Lipinski definition) is 4. The van der Waals surface area contributed by atoms with Gasteiger partial charge < -0.3 is 14.1 Å². The van der Waals surface area contributed by atoms with Crippen molar-refractivity contribution in [3.05, 3.63) is 53.5 Å². The quantitative estimate of drug-likeness (QED) is 0.902. The number of furan rings is 1. The summed E-state index contributed by atoms with van der Waals surface area (Å²) >= 11 is 0. The van der Waals surface area contributed by atoms with Crippen molar-refractivity contribution in [2.24, 2.45) is 0 Å². The van der Waals surface area contributed by atoms with Crippen LogP contribution in [0.1, 0.15) is 42.6 Å². The van der Waals surface area contributed by atoms with Crippen molar-refractivity contribution in [3.8, 4) is 0 Å². The van der Waals surface area contributed by atoms with Gasteiger partial charge in [0.15, 0.2) is 0 Å². The lowest BCUT2D eigenvalue weighted by molar-refractivity contribution is 0.0635.